The lowest BCUT2D eigenvalue weighted by Crippen LogP contribution is -2.43. The van der Waals surface area contributed by atoms with Crippen molar-refractivity contribution in [3.05, 3.63) is 35.4 Å². The highest BCUT2D eigenvalue weighted by atomic mass is 32.2. The van der Waals surface area contributed by atoms with Crippen LogP contribution in [0.15, 0.2) is 24.3 Å². The second kappa shape index (κ2) is 6.02. The van der Waals surface area contributed by atoms with Crippen molar-refractivity contribution in [2.75, 3.05) is 12.8 Å². The summed E-state index contributed by atoms with van der Waals surface area (Å²) in [5, 5.41) is 3.44. The number of alkyl halides is 2. The van der Waals surface area contributed by atoms with Crippen LogP contribution in [0, 0.1) is 0 Å². The SMILES string of the molecule is CSC1(CNCc2ccc(C(F)F)cc2)CCC1. The zero-order valence-corrected chi connectivity index (χ0v) is 11.4. The van der Waals surface area contributed by atoms with E-state index in [1.807, 2.05) is 11.8 Å². The Kier molecular flexibility index (Phi) is 4.62. The van der Waals surface area contributed by atoms with Crippen molar-refractivity contribution >= 4 is 11.8 Å². The quantitative estimate of drug-likeness (QED) is 0.839. The van der Waals surface area contributed by atoms with E-state index in [1.54, 1.807) is 12.1 Å². The van der Waals surface area contributed by atoms with E-state index in [4.69, 9.17) is 0 Å². The van der Waals surface area contributed by atoms with Crippen molar-refractivity contribution in [2.24, 2.45) is 0 Å². The number of halogens is 2. The molecule has 4 heteroatoms. The van der Waals surface area contributed by atoms with E-state index in [2.05, 4.69) is 11.6 Å². The summed E-state index contributed by atoms with van der Waals surface area (Å²) in [6.07, 6.45) is 3.68. The molecule has 1 aromatic carbocycles. The van der Waals surface area contributed by atoms with Crippen molar-refractivity contribution in [2.45, 2.75) is 37.0 Å². The minimum absolute atomic E-state index is 0.0957. The fourth-order valence-electron chi connectivity index (χ4n) is 2.24. The van der Waals surface area contributed by atoms with Crippen LogP contribution in [-0.2, 0) is 6.54 Å². The molecule has 1 aliphatic rings. The monoisotopic (exact) mass is 271 g/mol. The van der Waals surface area contributed by atoms with Gasteiger partial charge >= 0.3 is 0 Å². The molecule has 18 heavy (non-hydrogen) atoms. The number of benzene rings is 1. The van der Waals surface area contributed by atoms with Crippen LogP contribution in [-0.4, -0.2) is 17.5 Å². The van der Waals surface area contributed by atoms with Gasteiger partial charge in [-0.25, -0.2) is 8.78 Å². The van der Waals surface area contributed by atoms with Gasteiger partial charge in [-0.05, 0) is 24.7 Å². The molecule has 1 fully saturated rings. The number of hydrogen-bond donors (Lipinski definition) is 1. The van der Waals surface area contributed by atoms with Crippen LogP contribution in [0.4, 0.5) is 8.78 Å². The van der Waals surface area contributed by atoms with Crippen LogP contribution in [0.25, 0.3) is 0 Å². The zero-order chi connectivity index (χ0) is 13.0. The van der Waals surface area contributed by atoms with E-state index in [1.165, 1.54) is 31.4 Å². The van der Waals surface area contributed by atoms with Gasteiger partial charge in [0.25, 0.3) is 6.43 Å². The predicted molar refractivity (Wildman–Crippen MR) is 73.2 cm³/mol. The molecule has 0 aromatic heterocycles. The van der Waals surface area contributed by atoms with Crippen molar-refractivity contribution in [1.29, 1.82) is 0 Å². The third-order valence-electron chi connectivity index (χ3n) is 3.71. The van der Waals surface area contributed by atoms with Crippen molar-refractivity contribution in [1.82, 2.24) is 5.32 Å². The number of nitrogens with one attached hydrogen (secondary N) is 1. The molecular formula is C14H19F2NS. The predicted octanol–water partition coefficient (Wildman–Crippen LogP) is 4.00. The summed E-state index contributed by atoms with van der Waals surface area (Å²) in [4.78, 5) is 0. The highest BCUT2D eigenvalue weighted by Crippen LogP contribution is 2.42. The van der Waals surface area contributed by atoms with Crippen LogP contribution in [0.5, 0.6) is 0 Å². The summed E-state index contributed by atoms with van der Waals surface area (Å²) in [5.41, 5.74) is 1.16. The standard InChI is InChI=1S/C14H19F2NS/c1-18-14(7-2-8-14)10-17-9-11-3-5-12(6-4-11)13(15)16/h3-6,13,17H,2,7-10H2,1H3. The molecule has 1 N–H and O–H groups in total. The molecule has 0 amide bonds. The van der Waals surface area contributed by atoms with Gasteiger partial charge in [-0.3, -0.25) is 0 Å². The highest BCUT2D eigenvalue weighted by Gasteiger charge is 2.35. The van der Waals surface area contributed by atoms with Crippen molar-refractivity contribution in [3.8, 4) is 0 Å². The van der Waals surface area contributed by atoms with Gasteiger partial charge in [0.15, 0.2) is 0 Å². The fraction of sp³-hybridized carbons (Fsp3) is 0.571. The molecule has 2 rings (SSSR count). The van der Waals surface area contributed by atoms with Crippen LogP contribution in [0.1, 0.15) is 36.8 Å². The summed E-state index contributed by atoms with van der Waals surface area (Å²) in [5.74, 6) is 0. The molecule has 0 spiro atoms. The smallest absolute Gasteiger partial charge is 0.263 e. The first-order chi connectivity index (χ1) is 8.65. The van der Waals surface area contributed by atoms with E-state index >= 15 is 0 Å². The molecule has 0 heterocycles. The van der Waals surface area contributed by atoms with Gasteiger partial charge in [0.1, 0.15) is 0 Å². The first kappa shape index (κ1) is 13.8. The molecule has 0 saturated heterocycles. The van der Waals surface area contributed by atoms with Gasteiger partial charge in [-0.2, -0.15) is 11.8 Å². The summed E-state index contributed by atoms with van der Waals surface area (Å²) in [7, 11) is 0. The Hall–Kier alpha value is -0.610. The Balaban J connectivity index is 1.79. The maximum absolute atomic E-state index is 12.4. The summed E-state index contributed by atoms with van der Waals surface area (Å²) in [6, 6.07) is 6.58. The van der Waals surface area contributed by atoms with E-state index < -0.39 is 6.43 Å². The lowest BCUT2D eigenvalue weighted by atomic mass is 9.84. The molecule has 1 aliphatic carbocycles. The van der Waals surface area contributed by atoms with E-state index in [0.29, 0.717) is 4.75 Å². The number of rotatable bonds is 6. The topological polar surface area (TPSA) is 12.0 Å². The average molecular weight is 271 g/mol. The van der Waals surface area contributed by atoms with Gasteiger partial charge in [-0.15, -0.1) is 0 Å². The summed E-state index contributed by atoms with van der Waals surface area (Å²) in [6.45, 7) is 1.76. The molecule has 0 bridgehead atoms. The van der Waals surface area contributed by atoms with Gasteiger partial charge < -0.3 is 5.32 Å². The third-order valence-corrected chi connectivity index (χ3v) is 5.12. The molecule has 0 atom stereocenters. The Morgan fingerprint density at radius 1 is 1.28 bits per heavy atom. The molecule has 1 saturated carbocycles. The zero-order valence-electron chi connectivity index (χ0n) is 10.6. The number of hydrogen-bond acceptors (Lipinski definition) is 2. The number of thioether (sulfide) groups is 1. The van der Waals surface area contributed by atoms with Crippen LogP contribution >= 0.6 is 11.8 Å². The van der Waals surface area contributed by atoms with Crippen LogP contribution in [0.2, 0.25) is 0 Å². The lowest BCUT2D eigenvalue weighted by Gasteiger charge is -2.40. The molecular weight excluding hydrogens is 252 g/mol. The van der Waals surface area contributed by atoms with Gasteiger partial charge in [0, 0.05) is 23.4 Å². The second-order valence-electron chi connectivity index (χ2n) is 4.89. The van der Waals surface area contributed by atoms with Crippen LogP contribution < -0.4 is 5.32 Å². The maximum atomic E-state index is 12.4. The molecule has 1 nitrogen and oxygen atoms in total. The molecule has 0 aliphatic heterocycles. The molecule has 1 aromatic rings. The molecule has 100 valence electrons. The minimum atomic E-state index is -2.37. The third kappa shape index (κ3) is 3.23. The largest absolute Gasteiger partial charge is 0.311 e. The van der Waals surface area contributed by atoms with Gasteiger partial charge in [0.2, 0.25) is 0 Å². The average Bonchev–Trinajstić information content (AvgIpc) is 2.33. The lowest BCUT2D eigenvalue weighted by molar-refractivity contribution is 0.151. The minimum Gasteiger partial charge on any atom is -0.311 e. The first-order valence-electron chi connectivity index (χ1n) is 6.28. The summed E-state index contributed by atoms with van der Waals surface area (Å²) < 4.78 is 25.2. The Labute approximate surface area is 111 Å². The Morgan fingerprint density at radius 3 is 2.39 bits per heavy atom. The van der Waals surface area contributed by atoms with E-state index in [-0.39, 0.29) is 5.56 Å². The highest BCUT2D eigenvalue weighted by molar-refractivity contribution is 8.00. The van der Waals surface area contributed by atoms with E-state index in [0.717, 1.165) is 18.7 Å². The Morgan fingerprint density at radius 2 is 1.94 bits per heavy atom. The van der Waals surface area contributed by atoms with E-state index in [9.17, 15) is 8.78 Å². The first-order valence-corrected chi connectivity index (χ1v) is 7.50. The normalized spacial score (nSPS) is 17.8. The molecule has 0 unspecified atom stereocenters. The molecule has 0 radical (unpaired) electrons. The summed E-state index contributed by atoms with van der Waals surface area (Å²) >= 11 is 1.94. The fourth-order valence-corrected chi connectivity index (χ4v) is 3.18. The Bertz CT molecular complexity index is 368. The van der Waals surface area contributed by atoms with Gasteiger partial charge in [-0.1, -0.05) is 30.7 Å². The van der Waals surface area contributed by atoms with Crippen molar-refractivity contribution in [3.63, 3.8) is 0 Å². The maximum Gasteiger partial charge on any atom is 0.263 e. The second-order valence-corrected chi connectivity index (χ2v) is 6.16. The van der Waals surface area contributed by atoms with Crippen molar-refractivity contribution < 1.29 is 8.78 Å². The van der Waals surface area contributed by atoms with Crippen LogP contribution in [0.3, 0.4) is 0 Å². The van der Waals surface area contributed by atoms with Gasteiger partial charge in [0.05, 0.1) is 0 Å².